The minimum atomic E-state index is -3.08. The largest absolute Gasteiger partial charge is 0.342 e. The summed E-state index contributed by atoms with van der Waals surface area (Å²) < 4.78 is 23.3. The van der Waals surface area contributed by atoms with Gasteiger partial charge >= 0.3 is 0 Å². The number of hydrogen-bond donors (Lipinski definition) is 0. The van der Waals surface area contributed by atoms with Gasteiger partial charge in [0.1, 0.15) is 5.41 Å². The second-order valence-electron chi connectivity index (χ2n) is 6.99. The number of carbonyl (C=O) groups excluding carboxylic acids is 3. The first kappa shape index (κ1) is 17.2. The first-order chi connectivity index (χ1) is 11.3. The highest BCUT2D eigenvalue weighted by Crippen LogP contribution is 2.49. The van der Waals surface area contributed by atoms with Crippen LogP contribution in [-0.2, 0) is 24.2 Å². The lowest BCUT2D eigenvalue weighted by molar-refractivity contribution is -0.151. The summed E-state index contributed by atoms with van der Waals surface area (Å²) in [5.41, 5.74) is -1.01. The molecule has 0 N–H and O–H groups in total. The maximum atomic E-state index is 12.8. The average Bonchev–Trinajstić information content (AvgIpc) is 3.31. The van der Waals surface area contributed by atoms with Crippen molar-refractivity contribution in [2.24, 2.45) is 5.41 Å². The van der Waals surface area contributed by atoms with E-state index in [1.165, 1.54) is 4.90 Å². The summed E-state index contributed by atoms with van der Waals surface area (Å²) in [7, 11) is -1.47. The van der Waals surface area contributed by atoms with Gasteiger partial charge in [0.25, 0.3) is 0 Å². The molecule has 3 rings (SSSR count). The predicted molar refractivity (Wildman–Crippen MR) is 85.7 cm³/mol. The van der Waals surface area contributed by atoms with Crippen LogP contribution >= 0.6 is 0 Å². The van der Waals surface area contributed by atoms with Crippen molar-refractivity contribution in [2.45, 2.75) is 25.3 Å². The van der Waals surface area contributed by atoms with Gasteiger partial charge in [-0.3, -0.25) is 14.4 Å². The van der Waals surface area contributed by atoms with Gasteiger partial charge in [-0.1, -0.05) is 0 Å². The molecule has 0 aromatic rings. The van der Waals surface area contributed by atoms with Crippen LogP contribution in [0.3, 0.4) is 0 Å². The van der Waals surface area contributed by atoms with Gasteiger partial charge in [0.2, 0.25) is 18.2 Å². The van der Waals surface area contributed by atoms with Gasteiger partial charge in [0.05, 0.1) is 11.5 Å². The molecule has 1 atom stereocenters. The minimum absolute atomic E-state index is 0.0163. The summed E-state index contributed by atoms with van der Waals surface area (Å²) in [5, 5.41) is 0. The van der Waals surface area contributed by atoms with Gasteiger partial charge in [0, 0.05) is 39.3 Å². The Balaban J connectivity index is 1.66. The molecule has 3 fully saturated rings. The molecule has 0 aromatic carbocycles. The maximum Gasteiger partial charge on any atom is 0.238 e. The lowest BCUT2D eigenvalue weighted by Crippen LogP contribution is -2.54. The Bertz CT molecular complexity index is 650. The van der Waals surface area contributed by atoms with Crippen molar-refractivity contribution in [1.82, 2.24) is 14.7 Å². The van der Waals surface area contributed by atoms with Crippen molar-refractivity contribution < 1.29 is 22.8 Å². The first-order valence-electron chi connectivity index (χ1n) is 8.25. The van der Waals surface area contributed by atoms with Crippen LogP contribution in [0.5, 0.6) is 0 Å². The fraction of sp³-hybridized carbons (Fsp3) is 0.800. The van der Waals surface area contributed by atoms with Crippen molar-refractivity contribution >= 4 is 28.1 Å². The molecule has 2 heterocycles. The molecule has 0 spiro atoms. The zero-order valence-corrected chi connectivity index (χ0v) is 14.6. The van der Waals surface area contributed by atoms with Crippen LogP contribution in [0, 0.1) is 5.41 Å². The summed E-state index contributed by atoms with van der Waals surface area (Å²) in [6.45, 7) is 1.84. The summed E-state index contributed by atoms with van der Waals surface area (Å²) in [4.78, 5) is 41.2. The fourth-order valence-corrected chi connectivity index (χ4v) is 5.34. The van der Waals surface area contributed by atoms with Crippen molar-refractivity contribution in [3.05, 3.63) is 0 Å². The van der Waals surface area contributed by atoms with E-state index in [2.05, 4.69) is 0 Å². The topological polar surface area (TPSA) is 95.1 Å². The smallest absolute Gasteiger partial charge is 0.238 e. The molecule has 9 heteroatoms. The van der Waals surface area contributed by atoms with E-state index >= 15 is 0 Å². The van der Waals surface area contributed by atoms with Gasteiger partial charge < -0.3 is 14.7 Å². The molecule has 3 aliphatic rings. The number of piperazine rings is 1. The van der Waals surface area contributed by atoms with E-state index in [0.717, 1.165) is 6.41 Å². The number of hydrogen-bond acceptors (Lipinski definition) is 5. The van der Waals surface area contributed by atoms with Crippen LogP contribution in [0.1, 0.15) is 19.3 Å². The number of amides is 3. The zero-order valence-electron chi connectivity index (χ0n) is 13.8. The molecule has 0 radical (unpaired) electrons. The minimum Gasteiger partial charge on any atom is -0.342 e. The molecule has 1 saturated carbocycles. The second-order valence-corrected chi connectivity index (χ2v) is 9.22. The fourth-order valence-electron chi connectivity index (χ4n) is 3.56. The Hall–Kier alpha value is -1.64. The Kier molecular flexibility index (Phi) is 4.31. The average molecular weight is 357 g/mol. The van der Waals surface area contributed by atoms with E-state index in [4.69, 9.17) is 0 Å². The third-order valence-corrected chi connectivity index (χ3v) is 7.15. The number of sulfone groups is 1. The Morgan fingerprint density at radius 1 is 1.17 bits per heavy atom. The maximum absolute atomic E-state index is 12.8. The van der Waals surface area contributed by atoms with Crippen LogP contribution < -0.4 is 0 Å². The molecule has 1 unspecified atom stereocenters. The molecule has 2 saturated heterocycles. The lowest BCUT2D eigenvalue weighted by Gasteiger charge is -2.36. The Labute approximate surface area is 141 Å². The predicted octanol–water partition coefficient (Wildman–Crippen LogP) is -1.29. The number of carbonyl (C=O) groups is 3. The Morgan fingerprint density at radius 3 is 2.25 bits per heavy atom. The molecule has 3 amide bonds. The molecule has 1 aliphatic carbocycles. The summed E-state index contributed by atoms with van der Waals surface area (Å²) >= 11 is 0. The van der Waals surface area contributed by atoms with Crippen LogP contribution in [0.15, 0.2) is 0 Å². The molecule has 0 aromatic heterocycles. The summed E-state index contributed by atoms with van der Waals surface area (Å²) in [5.74, 6) is -0.348. The molecule has 24 heavy (non-hydrogen) atoms. The molecule has 2 aliphatic heterocycles. The molecular weight excluding hydrogens is 334 g/mol. The molecule has 134 valence electrons. The monoisotopic (exact) mass is 357 g/mol. The highest BCUT2D eigenvalue weighted by molar-refractivity contribution is 7.91. The number of nitrogens with zero attached hydrogens (tertiary/aromatic N) is 3. The van der Waals surface area contributed by atoms with Gasteiger partial charge in [-0.15, -0.1) is 0 Å². The van der Waals surface area contributed by atoms with Crippen molar-refractivity contribution in [1.29, 1.82) is 0 Å². The third kappa shape index (κ3) is 3.01. The summed E-state index contributed by atoms with van der Waals surface area (Å²) in [6.07, 6.45) is 2.24. The molecule has 0 bridgehead atoms. The van der Waals surface area contributed by atoms with Gasteiger partial charge in [-0.2, -0.15) is 0 Å². The van der Waals surface area contributed by atoms with E-state index in [-0.39, 0.29) is 29.4 Å². The zero-order chi connectivity index (χ0) is 17.5. The van der Waals surface area contributed by atoms with Crippen LogP contribution in [-0.4, -0.2) is 92.1 Å². The van der Waals surface area contributed by atoms with E-state index in [0.29, 0.717) is 45.4 Å². The highest BCUT2D eigenvalue weighted by atomic mass is 32.2. The van der Waals surface area contributed by atoms with Crippen molar-refractivity contribution in [2.75, 3.05) is 44.7 Å². The van der Waals surface area contributed by atoms with E-state index in [1.807, 2.05) is 0 Å². The first-order valence-corrected chi connectivity index (χ1v) is 10.1. The van der Waals surface area contributed by atoms with E-state index in [9.17, 15) is 22.8 Å². The molecular formula is C15H23N3O5S. The lowest BCUT2D eigenvalue weighted by atomic mass is 10.0. The van der Waals surface area contributed by atoms with Crippen LogP contribution in [0.25, 0.3) is 0 Å². The normalized spacial score (nSPS) is 27.6. The summed E-state index contributed by atoms with van der Waals surface area (Å²) in [6, 6.07) is -0.334. The second kappa shape index (κ2) is 6.02. The van der Waals surface area contributed by atoms with Crippen molar-refractivity contribution in [3.63, 3.8) is 0 Å². The van der Waals surface area contributed by atoms with Gasteiger partial charge in [0.15, 0.2) is 9.84 Å². The van der Waals surface area contributed by atoms with Crippen LogP contribution in [0.2, 0.25) is 0 Å². The highest BCUT2D eigenvalue weighted by Gasteiger charge is 2.59. The third-order valence-electron chi connectivity index (χ3n) is 5.40. The SMILES string of the molecule is CN(C(=O)C1(C(=O)N2CCN(C=O)CC2)CC1)C1CCS(=O)(=O)C1. The van der Waals surface area contributed by atoms with E-state index in [1.54, 1.807) is 16.8 Å². The number of rotatable bonds is 4. The van der Waals surface area contributed by atoms with Crippen molar-refractivity contribution in [3.8, 4) is 0 Å². The van der Waals surface area contributed by atoms with Gasteiger partial charge in [-0.25, -0.2) is 8.42 Å². The van der Waals surface area contributed by atoms with Crippen LogP contribution in [0.4, 0.5) is 0 Å². The molecule has 8 nitrogen and oxygen atoms in total. The quantitative estimate of drug-likeness (QED) is 0.461. The Morgan fingerprint density at radius 2 is 1.79 bits per heavy atom. The van der Waals surface area contributed by atoms with E-state index < -0.39 is 15.3 Å². The van der Waals surface area contributed by atoms with Gasteiger partial charge in [-0.05, 0) is 19.3 Å². The standard InChI is InChI=1S/C15H23N3O5S/c1-16(12-2-9-24(22,23)10-12)13(20)15(3-4-15)14(21)18-7-5-17(11-19)6-8-18/h11-12H,2-10H2,1H3.